The molecule has 1 aliphatic heterocycles. The topological polar surface area (TPSA) is 58.3 Å². The molecule has 0 bridgehead atoms. The fourth-order valence-electron chi connectivity index (χ4n) is 2.82. The molecule has 6 heteroatoms. The summed E-state index contributed by atoms with van der Waals surface area (Å²) >= 11 is 0. The summed E-state index contributed by atoms with van der Waals surface area (Å²) in [6.07, 6.45) is 4.11. The number of likely N-dealkylation sites (N-methyl/N-ethyl adjacent to an activating group) is 1. The van der Waals surface area contributed by atoms with Gasteiger partial charge in [-0.1, -0.05) is 6.92 Å². The van der Waals surface area contributed by atoms with Gasteiger partial charge in [-0.2, -0.15) is 14.6 Å². The second-order valence-electron chi connectivity index (χ2n) is 5.06. The zero-order chi connectivity index (χ0) is 13.2. The van der Waals surface area contributed by atoms with Gasteiger partial charge in [0.1, 0.15) is 12.1 Å². The van der Waals surface area contributed by atoms with Crippen molar-refractivity contribution in [1.29, 1.82) is 0 Å². The lowest BCUT2D eigenvalue weighted by molar-refractivity contribution is 0.277. The summed E-state index contributed by atoms with van der Waals surface area (Å²) in [6.45, 7) is 7.50. The predicted molar refractivity (Wildman–Crippen MR) is 74.3 cm³/mol. The van der Waals surface area contributed by atoms with Crippen LogP contribution in [0, 0.1) is 6.92 Å². The Morgan fingerprint density at radius 1 is 1.47 bits per heavy atom. The average Bonchev–Trinajstić information content (AvgIpc) is 3.03. The van der Waals surface area contributed by atoms with Crippen molar-refractivity contribution in [1.82, 2.24) is 24.5 Å². The number of anilines is 1. The van der Waals surface area contributed by atoms with E-state index >= 15 is 0 Å². The first kappa shape index (κ1) is 12.3. The summed E-state index contributed by atoms with van der Waals surface area (Å²) < 4.78 is 1.76. The number of hydrogen-bond acceptors (Lipinski definition) is 5. The van der Waals surface area contributed by atoms with Gasteiger partial charge in [-0.15, -0.1) is 0 Å². The smallest absolute Gasteiger partial charge is 0.254 e. The van der Waals surface area contributed by atoms with Crippen molar-refractivity contribution in [3.63, 3.8) is 0 Å². The van der Waals surface area contributed by atoms with Crippen molar-refractivity contribution in [2.24, 2.45) is 0 Å². The fraction of sp³-hybridized carbons (Fsp3) is 0.615. The van der Waals surface area contributed by atoms with Gasteiger partial charge in [-0.05, 0) is 32.9 Å². The van der Waals surface area contributed by atoms with Crippen molar-refractivity contribution in [3.8, 4) is 0 Å². The number of nitrogens with one attached hydrogen (secondary N) is 1. The fourth-order valence-corrected chi connectivity index (χ4v) is 2.82. The summed E-state index contributed by atoms with van der Waals surface area (Å²) in [4.78, 5) is 11.0. The molecule has 0 saturated carbocycles. The van der Waals surface area contributed by atoms with Crippen LogP contribution < -0.4 is 5.32 Å². The van der Waals surface area contributed by atoms with Crippen molar-refractivity contribution in [2.45, 2.75) is 32.7 Å². The normalized spacial score (nSPS) is 20.2. The van der Waals surface area contributed by atoms with E-state index in [1.807, 2.05) is 13.0 Å². The molecule has 3 rings (SSSR count). The summed E-state index contributed by atoms with van der Waals surface area (Å²) in [6, 6.07) is 2.64. The highest BCUT2D eigenvalue weighted by Gasteiger charge is 2.22. The van der Waals surface area contributed by atoms with E-state index in [9.17, 15) is 0 Å². The van der Waals surface area contributed by atoms with E-state index in [4.69, 9.17) is 0 Å². The van der Waals surface area contributed by atoms with Crippen LogP contribution in [0.2, 0.25) is 0 Å². The Morgan fingerprint density at radius 3 is 3.21 bits per heavy atom. The Hall–Kier alpha value is -1.69. The van der Waals surface area contributed by atoms with E-state index in [1.54, 1.807) is 10.8 Å². The SMILES string of the molecule is CCN1CCCC1CNc1cc(C)nc2ncnn12. The zero-order valence-corrected chi connectivity index (χ0v) is 11.5. The summed E-state index contributed by atoms with van der Waals surface area (Å²) in [7, 11) is 0. The van der Waals surface area contributed by atoms with Crippen LogP contribution in [0.5, 0.6) is 0 Å². The van der Waals surface area contributed by atoms with Crippen LogP contribution in [0.1, 0.15) is 25.5 Å². The lowest BCUT2D eigenvalue weighted by Gasteiger charge is -2.23. The van der Waals surface area contributed by atoms with Crippen LogP contribution >= 0.6 is 0 Å². The number of fused-ring (bicyclic) bond motifs is 1. The average molecular weight is 260 g/mol. The molecule has 1 saturated heterocycles. The molecule has 0 radical (unpaired) electrons. The second-order valence-corrected chi connectivity index (χ2v) is 5.06. The minimum atomic E-state index is 0.622. The van der Waals surface area contributed by atoms with Gasteiger partial charge in [0, 0.05) is 24.3 Å². The zero-order valence-electron chi connectivity index (χ0n) is 11.5. The molecular weight excluding hydrogens is 240 g/mol. The van der Waals surface area contributed by atoms with E-state index in [1.165, 1.54) is 19.4 Å². The van der Waals surface area contributed by atoms with Gasteiger partial charge in [0.15, 0.2) is 0 Å². The van der Waals surface area contributed by atoms with Crippen molar-refractivity contribution < 1.29 is 0 Å². The first-order valence-electron chi connectivity index (χ1n) is 6.93. The van der Waals surface area contributed by atoms with Crippen LogP contribution in [0.4, 0.5) is 5.82 Å². The monoisotopic (exact) mass is 260 g/mol. The minimum absolute atomic E-state index is 0.622. The molecular formula is C13H20N6. The lowest BCUT2D eigenvalue weighted by Crippen LogP contribution is -2.35. The molecule has 102 valence electrons. The van der Waals surface area contributed by atoms with Crippen molar-refractivity contribution in [3.05, 3.63) is 18.1 Å². The Kier molecular flexibility index (Phi) is 3.33. The summed E-state index contributed by atoms with van der Waals surface area (Å²) in [5.74, 6) is 1.63. The standard InChI is InChI=1S/C13H20N6/c1-3-18-6-4-5-11(18)8-14-12-7-10(2)17-13-15-9-16-19(12)13/h7,9,11,14H,3-6,8H2,1-2H3. The van der Waals surface area contributed by atoms with E-state index in [0.29, 0.717) is 11.8 Å². The maximum atomic E-state index is 4.35. The van der Waals surface area contributed by atoms with Gasteiger partial charge >= 0.3 is 0 Å². The van der Waals surface area contributed by atoms with E-state index < -0.39 is 0 Å². The van der Waals surface area contributed by atoms with Gasteiger partial charge < -0.3 is 5.32 Å². The molecule has 2 aromatic rings. The Morgan fingerprint density at radius 2 is 2.37 bits per heavy atom. The molecule has 0 spiro atoms. The molecule has 1 aliphatic rings. The summed E-state index contributed by atoms with van der Waals surface area (Å²) in [5, 5.41) is 7.71. The van der Waals surface area contributed by atoms with Crippen LogP contribution in [0.25, 0.3) is 5.78 Å². The van der Waals surface area contributed by atoms with Gasteiger partial charge in [-0.3, -0.25) is 4.90 Å². The molecule has 19 heavy (non-hydrogen) atoms. The molecule has 1 fully saturated rings. The number of likely N-dealkylation sites (tertiary alicyclic amines) is 1. The Labute approximate surface area is 112 Å². The van der Waals surface area contributed by atoms with Gasteiger partial charge in [0.05, 0.1) is 0 Å². The quantitative estimate of drug-likeness (QED) is 0.898. The number of nitrogens with zero attached hydrogens (tertiary/aromatic N) is 5. The molecule has 6 nitrogen and oxygen atoms in total. The van der Waals surface area contributed by atoms with Crippen LogP contribution in [0.15, 0.2) is 12.4 Å². The number of rotatable bonds is 4. The van der Waals surface area contributed by atoms with E-state index in [-0.39, 0.29) is 0 Å². The molecule has 0 amide bonds. The molecule has 0 aromatic carbocycles. The molecule has 2 aromatic heterocycles. The third kappa shape index (κ3) is 2.40. The highest BCUT2D eigenvalue weighted by Crippen LogP contribution is 2.18. The maximum absolute atomic E-state index is 4.35. The van der Waals surface area contributed by atoms with E-state index in [0.717, 1.165) is 24.6 Å². The Balaban J connectivity index is 1.76. The third-order valence-electron chi connectivity index (χ3n) is 3.80. The number of aryl methyl sites for hydroxylation is 1. The van der Waals surface area contributed by atoms with Gasteiger partial charge in [-0.25, -0.2) is 4.98 Å². The second kappa shape index (κ2) is 5.13. The summed E-state index contributed by atoms with van der Waals surface area (Å²) in [5.41, 5.74) is 0.960. The third-order valence-corrected chi connectivity index (χ3v) is 3.80. The first-order chi connectivity index (χ1) is 9.28. The number of aromatic nitrogens is 4. The minimum Gasteiger partial charge on any atom is -0.368 e. The van der Waals surface area contributed by atoms with Crippen LogP contribution in [0.3, 0.4) is 0 Å². The maximum Gasteiger partial charge on any atom is 0.254 e. The predicted octanol–water partition coefficient (Wildman–Crippen LogP) is 1.33. The molecule has 1 atom stereocenters. The lowest BCUT2D eigenvalue weighted by atomic mass is 10.2. The molecule has 1 N–H and O–H groups in total. The molecule has 3 heterocycles. The van der Waals surface area contributed by atoms with Crippen molar-refractivity contribution in [2.75, 3.05) is 25.0 Å². The Bertz CT molecular complexity index is 563. The van der Waals surface area contributed by atoms with Crippen LogP contribution in [-0.4, -0.2) is 50.2 Å². The largest absolute Gasteiger partial charge is 0.368 e. The molecule has 0 aliphatic carbocycles. The van der Waals surface area contributed by atoms with E-state index in [2.05, 4.69) is 32.2 Å². The van der Waals surface area contributed by atoms with Gasteiger partial charge in [0.25, 0.3) is 5.78 Å². The highest BCUT2D eigenvalue weighted by molar-refractivity contribution is 5.44. The first-order valence-corrected chi connectivity index (χ1v) is 6.93. The number of hydrogen-bond donors (Lipinski definition) is 1. The highest BCUT2D eigenvalue weighted by atomic mass is 15.4. The van der Waals surface area contributed by atoms with Gasteiger partial charge in [0.2, 0.25) is 0 Å². The van der Waals surface area contributed by atoms with Crippen molar-refractivity contribution >= 4 is 11.6 Å². The van der Waals surface area contributed by atoms with Crippen LogP contribution in [-0.2, 0) is 0 Å². The molecule has 1 unspecified atom stereocenters.